The van der Waals surface area contributed by atoms with Crippen molar-refractivity contribution in [2.24, 2.45) is 0 Å². The zero-order valence-electron chi connectivity index (χ0n) is 16.9. The van der Waals surface area contributed by atoms with Gasteiger partial charge in [-0.3, -0.25) is 14.2 Å². The van der Waals surface area contributed by atoms with Crippen LogP contribution in [0.1, 0.15) is 12.5 Å². The number of carbonyl (C=O) groups excluding carboxylic acids is 1. The van der Waals surface area contributed by atoms with E-state index in [0.717, 1.165) is 21.7 Å². The molecule has 1 atom stereocenters. The average molecular weight is 436 g/mol. The normalized spacial score (nSPS) is 12.1. The van der Waals surface area contributed by atoms with Crippen molar-refractivity contribution in [3.05, 3.63) is 76.6 Å². The topological polar surface area (TPSA) is 64.0 Å². The molecule has 0 saturated carbocycles. The quantitative estimate of drug-likeness (QED) is 0.366. The standard InChI is InChI=1S/C23H21N3O2S2/c1-14-9-7-8-12-18(14)26-22(28)17-13-19(16-10-5-4-6-11-16)30-21(17)25-23(26)29-15(2)20(27)24-3/h4-13,15H,1-3H3,(H,24,27). The van der Waals surface area contributed by atoms with Crippen LogP contribution in [0.4, 0.5) is 0 Å². The molecule has 152 valence electrons. The van der Waals surface area contributed by atoms with Crippen molar-refractivity contribution in [2.75, 3.05) is 7.05 Å². The second kappa shape index (κ2) is 8.45. The smallest absolute Gasteiger partial charge is 0.267 e. The Morgan fingerprint density at radius 1 is 1.13 bits per heavy atom. The van der Waals surface area contributed by atoms with Crippen LogP contribution in [0, 0.1) is 6.92 Å². The van der Waals surface area contributed by atoms with Gasteiger partial charge in [0.1, 0.15) is 4.83 Å². The van der Waals surface area contributed by atoms with Gasteiger partial charge in [0.2, 0.25) is 5.91 Å². The third-order valence-corrected chi connectivity index (χ3v) is 6.98. The van der Waals surface area contributed by atoms with Crippen molar-refractivity contribution < 1.29 is 4.79 Å². The molecule has 0 spiro atoms. The van der Waals surface area contributed by atoms with Crippen LogP contribution in [0.3, 0.4) is 0 Å². The molecule has 2 heterocycles. The average Bonchev–Trinajstić information content (AvgIpc) is 3.19. The van der Waals surface area contributed by atoms with Crippen molar-refractivity contribution in [2.45, 2.75) is 24.3 Å². The molecule has 1 N–H and O–H groups in total. The zero-order valence-corrected chi connectivity index (χ0v) is 18.5. The van der Waals surface area contributed by atoms with E-state index in [1.807, 2.05) is 74.5 Å². The number of hydrogen-bond donors (Lipinski definition) is 1. The lowest BCUT2D eigenvalue weighted by molar-refractivity contribution is -0.119. The van der Waals surface area contributed by atoms with Gasteiger partial charge in [-0.2, -0.15) is 0 Å². The molecule has 5 nitrogen and oxygen atoms in total. The molecule has 0 aliphatic heterocycles. The van der Waals surface area contributed by atoms with Gasteiger partial charge in [-0.25, -0.2) is 4.98 Å². The number of rotatable bonds is 5. The number of benzene rings is 2. The lowest BCUT2D eigenvalue weighted by Gasteiger charge is -2.16. The minimum absolute atomic E-state index is 0.109. The Hall–Kier alpha value is -2.90. The second-order valence-corrected chi connectivity index (χ2v) is 9.23. The molecule has 7 heteroatoms. The Morgan fingerprint density at radius 3 is 2.53 bits per heavy atom. The number of thiophene rings is 1. The molecule has 0 aliphatic carbocycles. The number of para-hydroxylation sites is 1. The maximum absolute atomic E-state index is 13.6. The van der Waals surface area contributed by atoms with Crippen molar-refractivity contribution in [3.8, 4) is 16.1 Å². The summed E-state index contributed by atoms with van der Waals surface area (Å²) < 4.78 is 1.63. The summed E-state index contributed by atoms with van der Waals surface area (Å²) in [5.74, 6) is -0.109. The lowest BCUT2D eigenvalue weighted by atomic mass is 10.2. The summed E-state index contributed by atoms with van der Waals surface area (Å²) in [6.45, 7) is 3.78. The highest BCUT2D eigenvalue weighted by Gasteiger charge is 2.21. The first-order valence-corrected chi connectivity index (χ1v) is 11.3. The largest absolute Gasteiger partial charge is 0.358 e. The van der Waals surface area contributed by atoms with Crippen LogP contribution < -0.4 is 10.9 Å². The first-order valence-electron chi connectivity index (χ1n) is 9.56. The molecule has 1 amide bonds. The first kappa shape index (κ1) is 20.4. The number of aryl methyl sites for hydroxylation is 1. The van der Waals surface area contributed by atoms with E-state index < -0.39 is 0 Å². The molecule has 0 radical (unpaired) electrons. The number of nitrogens with zero attached hydrogens (tertiary/aromatic N) is 2. The highest BCUT2D eigenvalue weighted by molar-refractivity contribution is 8.00. The third-order valence-electron chi connectivity index (χ3n) is 4.85. The molecule has 0 bridgehead atoms. The predicted octanol–water partition coefficient (Wildman–Crippen LogP) is 4.65. The molecule has 0 fully saturated rings. The van der Waals surface area contributed by atoms with Gasteiger partial charge in [-0.15, -0.1) is 11.3 Å². The molecular formula is C23H21N3O2S2. The van der Waals surface area contributed by atoms with Crippen LogP contribution in [-0.4, -0.2) is 27.8 Å². The Labute approximate surface area is 182 Å². The van der Waals surface area contributed by atoms with E-state index in [0.29, 0.717) is 15.4 Å². The van der Waals surface area contributed by atoms with Crippen LogP contribution in [0.15, 0.2) is 70.6 Å². The van der Waals surface area contributed by atoms with Gasteiger partial charge in [0.25, 0.3) is 5.56 Å². The fraction of sp³-hybridized carbons (Fsp3) is 0.174. The van der Waals surface area contributed by atoms with Gasteiger partial charge in [0.15, 0.2) is 5.16 Å². The van der Waals surface area contributed by atoms with E-state index in [1.54, 1.807) is 11.6 Å². The van der Waals surface area contributed by atoms with Crippen molar-refractivity contribution in [3.63, 3.8) is 0 Å². The summed E-state index contributed by atoms with van der Waals surface area (Å²) in [6.07, 6.45) is 0. The number of nitrogens with one attached hydrogen (secondary N) is 1. The Bertz CT molecular complexity index is 1280. The third kappa shape index (κ3) is 3.78. The highest BCUT2D eigenvalue weighted by atomic mass is 32.2. The van der Waals surface area contributed by atoms with Gasteiger partial charge in [0, 0.05) is 11.9 Å². The zero-order chi connectivity index (χ0) is 21.3. The second-order valence-electron chi connectivity index (χ2n) is 6.89. The van der Waals surface area contributed by atoms with Crippen LogP contribution in [0.2, 0.25) is 0 Å². The summed E-state index contributed by atoms with van der Waals surface area (Å²) in [5.41, 5.74) is 2.67. The molecule has 30 heavy (non-hydrogen) atoms. The number of carbonyl (C=O) groups is 1. The monoisotopic (exact) mass is 435 g/mol. The van der Waals surface area contributed by atoms with Crippen LogP contribution >= 0.6 is 23.1 Å². The molecule has 2 aromatic heterocycles. The number of aromatic nitrogens is 2. The minimum Gasteiger partial charge on any atom is -0.358 e. The van der Waals surface area contributed by atoms with E-state index in [9.17, 15) is 9.59 Å². The van der Waals surface area contributed by atoms with Gasteiger partial charge < -0.3 is 5.32 Å². The van der Waals surface area contributed by atoms with E-state index >= 15 is 0 Å². The van der Waals surface area contributed by atoms with E-state index in [1.165, 1.54) is 23.1 Å². The number of hydrogen-bond acceptors (Lipinski definition) is 5. The van der Waals surface area contributed by atoms with Crippen molar-refractivity contribution in [1.29, 1.82) is 0 Å². The summed E-state index contributed by atoms with van der Waals surface area (Å²) in [4.78, 5) is 32.2. The number of thioether (sulfide) groups is 1. The number of amides is 1. The molecule has 4 aromatic rings. The van der Waals surface area contributed by atoms with Crippen molar-refractivity contribution in [1.82, 2.24) is 14.9 Å². The predicted molar refractivity (Wildman–Crippen MR) is 125 cm³/mol. The Kier molecular flexibility index (Phi) is 5.74. The fourth-order valence-electron chi connectivity index (χ4n) is 3.23. The summed E-state index contributed by atoms with van der Waals surface area (Å²) in [5, 5.41) is 3.37. The Morgan fingerprint density at radius 2 is 1.83 bits per heavy atom. The first-order chi connectivity index (χ1) is 14.5. The van der Waals surface area contributed by atoms with Crippen LogP contribution in [0.25, 0.3) is 26.3 Å². The molecule has 0 aliphatic rings. The SMILES string of the molecule is CNC(=O)C(C)Sc1nc2sc(-c3ccccc3)cc2c(=O)n1-c1ccccc1C. The van der Waals surface area contributed by atoms with Gasteiger partial charge in [0.05, 0.1) is 16.3 Å². The summed E-state index contributed by atoms with van der Waals surface area (Å²) in [6, 6.07) is 19.6. The highest BCUT2D eigenvalue weighted by Crippen LogP contribution is 2.33. The van der Waals surface area contributed by atoms with Gasteiger partial charge in [-0.05, 0) is 37.1 Å². The molecule has 2 aromatic carbocycles. The molecule has 4 rings (SSSR count). The summed E-state index contributed by atoms with van der Waals surface area (Å²) in [7, 11) is 1.61. The summed E-state index contributed by atoms with van der Waals surface area (Å²) >= 11 is 2.78. The van der Waals surface area contributed by atoms with E-state index in [-0.39, 0.29) is 16.7 Å². The fourth-order valence-corrected chi connectivity index (χ4v) is 5.28. The lowest BCUT2D eigenvalue weighted by Crippen LogP contribution is -2.29. The maximum Gasteiger partial charge on any atom is 0.267 e. The van der Waals surface area contributed by atoms with E-state index in [2.05, 4.69) is 5.32 Å². The molecule has 1 unspecified atom stereocenters. The van der Waals surface area contributed by atoms with Crippen LogP contribution in [-0.2, 0) is 4.79 Å². The number of fused-ring (bicyclic) bond motifs is 1. The van der Waals surface area contributed by atoms with E-state index in [4.69, 9.17) is 4.98 Å². The van der Waals surface area contributed by atoms with Crippen molar-refractivity contribution >= 4 is 39.2 Å². The molecular weight excluding hydrogens is 414 g/mol. The van der Waals surface area contributed by atoms with Gasteiger partial charge in [-0.1, -0.05) is 60.3 Å². The van der Waals surface area contributed by atoms with Crippen LogP contribution in [0.5, 0.6) is 0 Å². The maximum atomic E-state index is 13.6. The Balaban J connectivity index is 1.95. The minimum atomic E-state index is -0.386. The van der Waals surface area contributed by atoms with Gasteiger partial charge >= 0.3 is 0 Å². The molecule has 0 saturated heterocycles.